The van der Waals surface area contributed by atoms with Crippen LogP contribution in [0.25, 0.3) is 0 Å². The van der Waals surface area contributed by atoms with Crippen molar-refractivity contribution in [1.29, 1.82) is 0 Å². The summed E-state index contributed by atoms with van der Waals surface area (Å²) in [5, 5.41) is 9.58. The predicted octanol–water partition coefficient (Wildman–Crippen LogP) is 4.15. The lowest BCUT2D eigenvalue weighted by Crippen LogP contribution is -2.42. The van der Waals surface area contributed by atoms with E-state index in [1.54, 1.807) is 38.8 Å². The number of nitrogens with zero attached hydrogens (tertiary/aromatic N) is 3. The summed E-state index contributed by atoms with van der Waals surface area (Å²) < 4.78 is 26.0. The van der Waals surface area contributed by atoms with Crippen molar-refractivity contribution < 1.29 is 28.6 Å². The fourth-order valence-corrected chi connectivity index (χ4v) is 3.78. The number of halogens is 1. The maximum Gasteiger partial charge on any atom is 0.416 e. The predicted molar refractivity (Wildman–Crippen MR) is 127 cm³/mol. The molecule has 1 fully saturated rings. The summed E-state index contributed by atoms with van der Waals surface area (Å²) in [6, 6.07) is 12.6. The molecule has 2 amide bonds. The maximum atomic E-state index is 15.4. The van der Waals surface area contributed by atoms with Crippen LogP contribution < -0.4 is 9.80 Å². The van der Waals surface area contributed by atoms with Gasteiger partial charge in [-0.25, -0.2) is 14.0 Å². The SMILES string of the molecule is CN(Cc1ccccc1)c1c(F)cc(N2C[C@@H](N(C)C(=O)OC(C)(C)C)OC2=O)cc1CCO. The van der Waals surface area contributed by atoms with E-state index in [0.717, 1.165) is 5.56 Å². The zero-order valence-electron chi connectivity index (χ0n) is 20.2. The number of carbonyl (C=O) groups excluding carboxylic acids is 2. The second-order valence-electron chi connectivity index (χ2n) is 9.29. The van der Waals surface area contributed by atoms with Crippen LogP contribution in [0.3, 0.4) is 0 Å². The Kier molecular flexibility index (Phi) is 7.66. The highest BCUT2D eigenvalue weighted by molar-refractivity contribution is 5.90. The van der Waals surface area contributed by atoms with Crippen LogP contribution in [0.1, 0.15) is 31.9 Å². The fourth-order valence-electron chi connectivity index (χ4n) is 3.78. The first kappa shape index (κ1) is 25.3. The molecule has 1 N–H and O–H groups in total. The zero-order chi connectivity index (χ0) is 25.0. The molecule has 1 saturated heterocycles. The van der Waals surface area contributed by atoms with Gasteiger partial charge in [0.1, 0.15) is 11.4 Å². The van der Waals surface area contributed by atoms with Crippen LogP contribution in [0.2, 0.25) is 0 Å². The second kappa shape index (κ2) is 10.3. The normalized spacial score (nSPS) is 15.8. The number of hydrogen-bond acceptors (Lipinski definition) is 6. The van der Waals surface area contributed by atoms with Gasteiger partial charge in [0.2, 0.25) is 0 Å². The number of amides is 2. The van der Waals surface area contributed by atoms with Crippen LogP contribution in [0.5, 0.6) is 0 Å². The van der Waals surface area contributed by atoms with Gasteiger partial charge in [0.05, 0.1) is 17.9 Å². The number of ether oxygens (including phenoxy) is 2. The molecule has 1 atom stereocenters. The fraction of sp³-hybridized carbons (Fsp3) is 0.440. The summed E-state index contributed by atoms with van der Waals surface area (Å²) in [4.78, 5) is 29.2. The van der Waals surface area contributed by atoms with Crippen LogP contribution >= 0.6 is 0 Å². The lowest BCUT2D eigenvalue weighted by Gasteiger charge is -2.27. The quantitative estimate of drug-likeness (QED) is 0.651. The van der Waals surface area contributed by atoms with Crippen molar-refractivity contribution in [3.63, 3.8) is 0 Å². The molecule has 3 rings (SSSR count). The Balaban J connectivity index is 1.83. The molecule has 0 aliphatic carbocycles. The van der Waals surface area contributed by atoms with Gasteiger partial charge in [-0.15, -0.1) is 0 Å². The summed E-state index contributed by atoms with van der Waals surface area (Å²) in [5.41, 5.74) is 1.53. The number of anilines is 2. The molecule has 0 spiro atoms. The molecule has 0 radical (unpaired) electrons. The maximum absolute atomic E-state index is 15.4. The van der Waals surface area contributed by atoms with Crippen LogP contribution in [0.15, 0.2) is 42.5 Å². The lowest BCUT2D eigenvalue weighted by molar-refractivity contribution is -0.00992. The molecule has 0 saturated carbocycles. The van der Waals surface area contributed by atoms with Crippen molar-refractivity contribution in [3.8, 4) is 0 Å². The highest BCUT2D eigenvalue weighted by Crippen LogP contribution is 2.33. The lowest BCUT2D eigenvalue weighted by atomic mass is 10.1. The van der Waals surface area contributed by atoms with Crippen LogP contribution in [0, 0.1) is 5.82 Å². The molecule has 1 aliphatic rings. The van der Waals surface area contributed by atoms with E-state index >= 15 is 4.39 Å². The first-order valence-electron chi connectivity index (χ1n) is 11.1. The summed E-state index contributed by atoms with van der Waals surface area (Å²) in [6.07, 6.45) is -1.99. The monoisotopic (exact) mass is 473 g/mol. The first-order chi connectivity index (χ1) is 16.0. The molecule has 9 heteroatoms. The number of aliphatic hydroxyl groups is 1. The molecule has 1 aliphatic heterocycles. The van der Waals surface area contributed by atoms with E-state index in [2.05, 4.69) is 0 Å². The van der Waals surface area contributed by atoms with Crippen LogP contribution in [0.4, 0.5) is 25.4 Å². The molecule has 184 valence electrons. The van der Waals surface area contributed by atoms with E-state index < -0.39 is 29.8 Å². The summed E-state index contributed by atoms with van der Waals surface area (Å²) >= 11 is 0. The molecular formula is C25H32FN3O5. The van der Waals surface area contributed by atoms with E-state index in [1.165, 1.54) is 22.9 Å². The molecular weight excluding hydrogens is 441 g/mol. The van der Waals surface area contributed by atoms with Crippen molar-refractivity contribution in [3.05, 3.63) is 59.4 Å². The van der Waals surface area contributed by atoms with Crippen molar-refractivity contribution in [1.82, 2.24) is 4.90 Å². The number of cyclic esters (lactones) is 1. The Labute approximate surface area is 199 Å². The molecule has 34 heavy (non-hydrogen) atoms. The Morgan fingerprint density at radius 3 is 2.53 bits per heavy atom. The average molecular weight is 474 g/mol. The van der Waals surface area contributed by atoms with Gasteiger partial charge in [-0.05, 0) is 50.5 Å². The number of hydrogen-bond donors (Lipinski definition) is 1. The minimum Gasteiger partial charge on any atom is -0.444 e. The highest BCUT2D eigenvalue weighted by atomic mass is 19.1. The smallest absolute Gasteiger partial charge is 0.416 e. The van der Waals surface area contributed by atoms with Gasteiger partial charge in [-0.1, -0.05) is 30.3 Å². The standard InChI is InChI=1S/C25H32FN3O5/c1-25(2,3)34-23(31)28(5)21-16-29(24(32)33-21)19-13-18(11-12-30)22(20(26)14-19)27(4)15-17-9-7-6-8-10-17/h6-10,13-14,21,30H,11-12,15-16H2,1-5H3/t21-/m0/s1. The average Bonchev–Trinajstić information content (AvgIpc) is 3.14. The van der Waals surface area contributed by atoms with E-state index in [4.69, 9.17) is 9.47 Å². The van der Waals surface area contributed by atoms with Gasteiger partial charge in [-0.2, -0.15) is 0 Å². The van der Waals surface area contributed by atoms with Gasteiger partial charge in [0.25, 0.3) is 0 Å². The van der Waals surface area contributed by atoms with E-state index in [0.29, 0.717) is 23.5 Å². The Hall–Kier alpha value is -3.33. The van der Waals surface area contributed by atoms with Gasteiger partial charge in [0, 0.05) is 27.2 Å². The number of aliphatic hydroxyl groups excluding tert-OH is 1. The van der Waals surface area contributed by atoms with Crippen LogP contribution in [-0.2, 0) is 22.4 Å². The number of rotatable bonds is 7. The summed E-state index contributed by atoms with van der Waals surface area (Å²) in [6.45, 7) is 5.55. The summed E-state index contributed by atoms with van der Waals surface area (Å²) in [7, 11) is 3.26. The van der Waals surface area contributed by atoms with E-state index in [9.17, 15) is 14.7 Å². The highest BCUT2D eigenvalue weighted by Gasteiger charge is 2.38. The Bertz CT molecular complexity index is 1030. The number of likely N-dealkylation sites (N-methyl/N-ethyl adjacent to an activating group) is 1. The number of benzene rings is 2. The second-order valence-corrected chi connectivity index (χ2v) is 9.29. The van der Waals surface area contributed by atoms with Crippen molar-refractivity contribution in [2.45, 2.75) is 45.6 Å². The third-order valence-corrected chi connectivity index (χ3v) is 5.37. The first-order valence-corrected chi connectivity index (χ1v) is 11.1. The van der Waals surface area contributed by atoms with E-state index in [1.807, 2.05) is 30.3 Å². The Morgan fingerprint density at radius 2 is 1.91 bits per heavy atom. The van der Waals surface area contributed by atoms with Crippen molar-refractivity contribution in [2.75, 3.05) is 37.0 Å². The molecule has 1 heterocycles. The van der Waals surface area contributed by atoms with Crippen LogP contribution in [-0.4, -0.2) is 61.3 Å². The molecule has 2 aromatic carbocycles. The third kappa shape index (κ3) is 5.96. The molecule has 0 aromatic heterocycles. The zero-order valence-corrected chi connectivity index (χ0v) is 20.2. The van der Waals surface area contributed by atoms with Crippen molar-refractivity contribution in [2.24, 2.45) is 0 Å². The third-order valence-electron chi connectivity index (χ3n) is 5.37. The topological polar surface area (TPSA) is 82.5 Å². The summed E-state index contributed by atoms with van der Waals surface area (Å²) in [5.74, 6) is -0.517. The van der Waals surface area contributed by atoms with Gasteiger partial charge in [-0.3, -0.25) is 9.80 Å². The molecule has 8 nitrogen and oxygen atoms in total. The molecule has 0 unspecified atom stereocenters. The Morgan fingerprint density at radius 1 is 1.24 bits per heavy atom. The molecule has 0 bridgehead atoms. The van der Waals surface area contributed by atoms with E-state index in [-0.39, 0.29) is 19.6 Å². The largest absolute Gasteiger partial charge is 0.444 e. The minimum atomic E-state index is -0.882. The number of carbonyl (C=O) groups is 2. The molecule has 2 aromatic rings. The van der Waals surface area contributed by atoms with Crippen molar-refractivity contribution >= 4 is 23.6 Å². The minimum absolute atomic E-state index is 0.0196. The van der Waals surface area contributed by atoms with Gasteiger partial charge in [0.15, 0.2) is 6.23 Å². The van der Waals surface area contributed by atoms with Gasteiger partial charge >= 0.3 is 12.2 Å². The van der Waals surface area contributed by atoms with Gasteiger partial charge < -0.3 is 19.5 Å².